The molecule has 17 heavy (non-hydrogen) atoms. The molecule has 0 aliphatic carbocycles. The van der Waals surface area contributed by atoms with Gasteiger partial charge in [0.1, 0.15) is 0 Å². The molecule has 1 saturated heterocycles. The average molecular weight is 240 g/mol. The van der Waals surface area contributed by atoms with Crippen LogP contribution in [-0.2, 0) is 4.79 Å². The summed E-state index contributed by atoms with van der Waals surface area (Å²) < 4.78 is 0. The highest BCUT2D eigenvalue weighted by atomic mass is 16.2. The lowest BCUT2D eigenvalue weighted by molar-refractivity contribution is -0.133. The Balaban J connectivity index is 2.58. The Morgan fingerprint density at radius 1 is 1.41 bits per heavy atom. The van der Waals surface area contributed by atoms with Gasteiger partial charge in [-0.05, 0) is 38.6 Å². The summed E-state index contributed by atoms with van der Waals surface area (Å²) in [6.45, 7) is 8.36. The van der Waals surface area contributed by atoms with Gasteiger partial charge in [-0.15, -0.1) is 0 Å². The van der Waals surface area contributed by atoms with E-state index in [2.05, 4.69) is 31.4 Å². The van der Waals surface area contributed by atoms with E-state index < -0.39 is 0 Å². The first-order chi connectivity index (χ1) is 8.18. The third-order valence-corrected chi connectivity index (χ3v) is 4.10. The molecule has 0 aromatic rings. The first-order valence-electron chi connectivity index (χ1n) is 7.20. The Morgan fingerprint density at radius 2 is 2.18 bits per heavy atom. The summed E-state index contributed by atoms with van der Waals surface area (Å²) >= 11 is 0. The Kier molecular flexibility index (Phi) is 5.96. The molecule has 1 aliphatic heterocycles. The Morgan fingerprint density at radius 3 is 2.65 bits per heavy atom. The van der Waals surface area contributed by atoms with Gasteiger partial charge in [0, 0.05) is 12.6 Å². The summed E-state index contributed by atoms with van der Waals surface area (Å²) in [6.07, 6.45) is 6.35. The van der Waals surface area contributed by atoms with Crippen molar-refractivity contribution in [2.45, 2.75) is 65.3 Å². The number of carbonyl (C=O) groups is 1. The zero-order valence-electron chi connectivity index (χ0n) is 11.6. The van der Waals surface area contributed by atoms with Crippen LogP contribution in [0.15, 0.2) is 0 Å². The fourth-order valence-corrected chi connectivity index (χ4v) is 2.69. The first kappa shape index (κ1) is 14.5. The van der Waals surface area contributed by atoms with Crippen LogP contribution in [0.4, 0.5) is 0 Å². The van der Waals surface area contributed by atoms with Gasteiger partial charge in [0.05, 0.1) is 5.41 Å². The molecule has 0 aromatic carbocycles. The van der Waals surface area contributed by atoms with Crippen LogP contribution < -0.4 is 10.6 Å². The van der Waals surface area contributed by atoms with Crippen molar-refractivity contribution in [1.82, 2.24) is 10.6 Å². The zero-order chi connectivity index (χ0) is 12.7. The molecule has 0 bridgehead atoms. The highest BCUT2D eigenvalue weighted by Crippen LogP contribution is 2.30. The molecule has 3 heteroatoms. The smallest absolute Gasteiger partial charge is 0.227 e. The first-order valence-corrected chi connectivity index (χ1v) is 7.20. The summed E-state index contributed by atoms with van der Waals surface area (Å²) in [5.41, 5.74) is -0.153. The van der Waals surface area contributed by atoms with Crippen LogP contribution in [0.1, 0.15) is 59.3 Å². The van der Waals surface area contributed by atoms with Gasteiger partial charge >= 0.3 is 0 Å². The van der Waals surface area contributed by atoms with Crippen LogP contribution >= 0.6 is 0 Å². The summed E-state index contributed by atoms with van der Waals surface area (Å²) in [7, 11) is 0. The maximum atomic E-state index is 12.4. The number of amides is 1. The lowest BCUT2D eigenvalue weighted by Gasteiger charge is -2.36. The van der Waals surface area contributed by atoms with Gasteiger partial charge in [-0.25, -0.2) is 0 Å². The van der Waals surface area contributed by atoms with Crippen LogP contribution in [0.25, 0.3) is 0 Å². The van der Waals surface area contributed by atoms with E-state index >= 15 is 0 Å². The van der Waals surface area contributed by atoms with Crippen molar-refractivity contribution in [2.24, 2.45) is 5.41 Å². The van der Waals surface area contributed by atoms with Crippen molar-refractivity contribution in [3.63, 3.8) is 0 Å². The number of hydrogen-bond donors (Lipinski definition) is 2. The third-order valence-electron chi connectivity index (χ3n) is 4.10. The molecular weight excluding hydrogens is 212 g/mol. The lowest BCUT2D eigenvalue weighted by atomic mass is 9.77. The van der Waals surface area contributed by atoms with E-state index in [0.29, 0.717) is 6.04 Å². The highest BCUT2D eigenvalue weighted by Gasteiger charge is 2.38. The van der Waals surface area contributed by atoms with Gasteiger partial charge in [-0.3, -0.25) is 4.79 Å². The Labute approximate surface area is 106 Å². The molecule has 0 saturated carbocycles. The number of carbonyl (C=O) groups excluding carboxylic acids is 1. The molecule has 2 unspecified atom stereocenters. The summed E-state index contributed by atoms with van der Waals surface area (Å²) in [5, 5.41) is 6.62. The molecular formula is C14H28N2O. The molecule has 0 radical (unpaired) electrons. The van der Waals surface area contributed by atoms with E-state index in [0.717, 1.165) is 51.6 Å². The van der Waals surface area contributed by atoms with Crippen LogP contribution in [0.2, 0.25) is 0 Å². The van der Waals surface area contributed by atoms with Gasteiger partial charge in [-0.2, -0.15) is 0 Å². The number of piperidine rings is 1. The van der Waals surface area contributed by atoms with E-state index in [4.69, 9.17) is 0 Å². The maximum absolute atomic E-state index is 12.4. The topological polar surface area (TPSA) is 41.1 Å². The minimum atomic E-state index is -0.153. The van der Waals surface area contributed by atoms with E-state index in [-0.39, 0.29) is 11.3 Å². The van der Waals surface area contributed by atoms with Crippen LogP contribution in [0.3, 0.4) is 0 Å². The van der Waals surface area contributed by atoms with Crippen LogP contribution in [0.5, 0.6) is 0 Å². The predicted molar refractivity (Wildman–Crippen MR) is 72.0 cm³/mol. The van der Waals surface area contributed by atoms with Crippen LogP contribution in [-0.4, -0.2) is 25.0 Å². The third kappa shape index (κ3) is 3.70. The molecule has 100 valence electrons. The van der Waals surface area contributed by atoms with Crippen LogP contribution in [0, 0.1) is 5.41 Å². The molecule has 0 aromatic heterocycles. The van der Waals surface area contributed by atoms with Crippen molar-refractivity contribution in [2.75, 3.05) is 13.1 Å². The van der Waals surface area contributed by atoms with Gasteiger partial charge < -0.3 is 10.6 Å². The molecule has 1 rings (SSSR count). The quantitative estimate of drug-likeness (QED) is 0.749. The molecule has 1 aliphatic rings. The second kappa shape index (κ2) is 7.00. The predicted octanol–water partition coefficient (Wildman–Crippen LogP) is 2.46. The minimum Gasteiger partial charge on any atom is -0.353 e. The summed E-state index contributed by atoms with van der Waals surface area (Å²) in [5.74, 6) is 0.271. The van der Waals surface area contributed by atoms with E-state index in [1.165, 1.54) is 0 Å². The fraction of sp³-hybridized carbons (Fsp3) is 0.929. The zero-order valence-corrected chi connectivity index (χ0v) is 11.6. The fourth-order valence-electron chi connectivity index (χ4n) is 2.69. The van der Waals surface area contributed by atoms with E-state index in [1.807, 2.05) is 0 Å². The minimum absolute atomic E-state index is 0.153. The molecule has 1 fully saturated rings. The van der Waals surface area contributed by atoms with Crippen molar-refractivity contribution < 1.29 is 4.79 Å². The van der Waals surface area contributed by atoms with Crippen molar-refractivity contribution >= 4 is 5.91 Å². The lowest BCUT2D eigenvalue weighted by Crippen LogP contribution is -2.52. The molecule has 2 atom stereocenters. The monoisotopic (exact) mass is 240 g/mol. The normalized spacial score (nSPS) is 26.5. The molecule has 1 amide bonds. The number of rotatable bonds is 6. The maximum Gasteiger partial charge on any atom is 0.227 e. The van der Waals surface area contributed by atoms with Gasteiger partial charge in [0.15, 0.2) is 0 Å². The standard InChI is InChI=1S/C14H28N2O/c1-4-8-12(5-2)16-13(17)14(6-3)9-7-10-15-11-14/h12,15H,4-11H2,1-3H3,(H,16,17). The van der Waals surface area contributed by atoms with E-state index in [1.54, 1.807) is 0 Å². The van der Waals surface area contributed by atoms with Gasteiger partial charge in [0.2, 0.25) is 5.91 Å². The Bertz CT molecular complexity index is 234. The molecule has 0 spiro atoms. The van der Waals surface area contributed by atoms with Gasteiger partial charge in [0.25, 0.3) is 0 Å². The Hall–Kier alpha value is -0.570. The largest absolute Gasteiger partial charge is 0.353 e. The van der Waals surface area contributed by atoms with Crippen molar-refractivity contribution in [1.29, 1.82) is 0 Å². The van der Waals surface area contributed by atoms with Crippen molar-refractivity contribution in [3.05, 3.63) is 0 Å². The second-order valence-electron chi connectivity index (χ2n) is 5.28. The van der Waals surface area contributed by atoms with E-state index in [9.17, 15) is 4.79 Å². The summed E-state index contributed by atoms with van der Waals surface area (Å²) in [6, 6.07) is 0.359. The molecule has 3 nitrogen and oxygen atoms in total. The SMILES string of the molecule is CCCC(CC)NC(=O)C1(CC)CCCNC1. The number of hydrogen-bond acceptors (Lipinski definition) is 2. The number of nitrogens with one attached hydrogen (secondary N) is 2. The molecule has 1 heterocycles. The summed E-state index contributed by atoms with van der Waals surface area (Å²) in [4.78, 5) is 12.4. The highest BCUT2D eigenvalue weighted by molar-refractivity contribution is 5.83. The van der Waals surface area contributed by atoms with Crippen molar-refractivity contribution in [3.8, 4) is 0 Å². The average Bonchev–Trinajstić information content (AvgIpc) is 2.38. The second-order valence-corrected chi connectivity index (χ2v) is 5.28. The molecule has 2 N–H and O–H groups in total. The van der Waals surface area contributed by atoms with Gasteiger partial charge in [-0.1, -0.05) is 27.2 Å².